The van der Waals surface area contributed by atoms with Gasteiger partial charge in [-0.05, 0) is 31.5 Å². The van der Waals surface area contributed by atoms with Crippen LogP contribution in [0.25, 0.3) is 0 Å². The average Bonchev–Trinajstić information content (AvgIpc) is 2.64. The molecule has 0 bridgehead atoms. The van der Waals surface area contributed by atoms with Gasteiger partial charge in [0.15, 0.2) is 5.78 Å². The summed E-state index contributed by atoms with van der Waals surface area (Å²) < 4.78 is 2.91. The normalized spacial score (nSPS) is 10.5. The number of aromatic nitrogens is 2. The Kier molecular flexibility index (Phi) is 3.43. The van der Waals surface area contributed by atoms with Gasteiger partial charge < -0.3 is 0 Å². The maximum Gasteiger partial charge on any atom is 0.163 e. The first kappa shape index (κ1) is 12.0. The van der Waals surface area contributed by atoms with Gasteiger partial charge >= 0.3 is 0 Å². The molecule has 1 aromatic heterocycles. The van der Waals surface area contributed by atoms with E-state index < -0.39 is 0 Å². The van der Waals surface area contributed by atoms with Gasteiger partial charge in [-0.2, -0.15) is 5.10 Å². The Bertz CT molecular complexity index is 543. The molecule has 0 aliphatic rings. The highest BCUT2D eigenvalue weighted by Gasteiger charge is 2.10. The molecule has 0 aliphatic carbocycles. The van der Waals surface area contributed by atoms with Gasteiger partial charge in [0.25, 0.3) is 0 Å². The molecule has 0 radical (unpaired) electrons. The summed E-state index contributed by atoms with van der Waals surface area (Å²) in [6.45, 7) is 4.17. The van der Waals surface area contributed by atoms with Gasteiger partial charge in [-0.1, -0.05) is 28.1 Å². The number of halogens is 1. The number of Topliss-reactive ketones (excluding diaryl/α,β-unsaturated/α-hetero) is 1. The van der Waals surface area contributed by atoms with Crippen LogP contribution in [0.15, 0.2) is 34.9 Å². The van der Waals surface area contributed by atoms with E-state index in [1.807, 2.05) is 35.9 Å². The Morgan fingerprint density at radius 3 is 2.53 bits per heavy atom. The maximum atomic E-state index is 11.3. The van der Waals surface area contributed by atoms with E-state index >= 15 is 0 Å². The van der Waals surface area contributed by atoms with Gasteiger partial charge in [0.05, 0.1) is 18.3 Å². The molecule has 17 heavy (non-hydrogen) atoms. The summed E-state index contributed by atoms with van der Waals surface area (Å²) >= 11 is 3.40. The topological polar surface area (TPSA) is 34.9 Å². The van der Waals surface area contributed by atoms with Crippen LogP contribution < -0.4 is 0 Å². The van der Waals surface area contributed by atoms with Gasteiger partial charge in [0, 0.05) is 10.2 Å². The van der Waals surface area contributed by atoms with E-state index in [1.54, 1.807) is 13.1 Å². The van der Waals surface area contributed by atoms with Gasteiger partial charge in [-0.15, -0.1) is 0 Å². The van der Waals surface area contributed by atoms with Gasteiger partial charge in [0.2, 0.25) is 0 Å². The molecular formula is C13H13BrN2O. The minimum Gasteiger partial charge on any atom is -0.294 e. The molecule has 0 fully saturated rings. The van der Waals surface area contributed by atoms with Crippen molar-refractivity contribution in [3.05, 3.63) is 51.8 Å². The summed E-state index contributed by atoms with van der Waals surface area (Å²) in [5.41, 5.74) is 2.78. The summed E-state index contributed by atoms with van der Waals surface area (Å²) in [5, 5.41) is 4.24. The molecule has 0 saturated heterocycles. The fourth-order valence-electron chi connectivity index (χ4n) is 1.71. The van der Waals surface area contributed by atoms with E-state index in [1.165, 1.54) is 0 Å². The van der Waals surface area contributed by atoms with Crippen LogP contribution in [0.5, 0.6) is 0 Å². The predicted molar refractivity (Wildman–Crippen MR) is 70.2 cm³/mol. The quantitative estimate of drug-likeness (QED) is 0.814. The van der Waals surface area contributed by atoms with Crippen molar-refractivity contribution >= 4 is 21.7 Å². The van der Waals surface area contributed by atoms with Crippen molar-refractivity contribution in [3.8, 4) is 0 Å². The molecule has 2 rings (SSSR count). The summed E-state index contributed by atoms with van der Waals surface area (Å²) in [6.07, 6.45) is 1.64. The van der Waals surface area contributed by atoms with E-state index in [4.69, 9.17) is 0 Å². The number of hydrogen-bond acceptors (Lipinski definition) is 2. The van der Waals surface area contributed by atoms with Crippen LogP contribution in [0, 0.1) is 6.92 Å². The molecule has 0 atom stereocenters. The zero-order valence-corrected chi connectivity index (χ0v) is 11.4. The number of ketones is 1. The second-order valence-electron chi connectivity index (χ2n) is 3.98. The van der Waals surface area contributed by atoms with Crippen LogP contribution >= 0.6 is 15.9 Å². The number of carbonyl (C=O) groups excluding carboxylic acids is 1. The standard InChI is InChI=1S/C13H13BrN2O/c1-9-13(10(2)17)7-15-16(9)8-11-3-5-12(14)6-4-11/h3-7H,8H2,1-2H3. The van der Waals surface area contributed by atoms with E-state index in [0.717, 1.165) is 15.7 Å². The van der Waals surface area contributed by atoms with Crippen LogP contribution in [0.4, 0.5) is 0 Å². The largest absolute Gasteiger partial charge is 0.294 e. The molecular weight excluding hydrogens is 280 g/mol. The lowest BCUT2D eigenvalue weighted by molar-refractivity contribution is 0.101. The first-order valence-electron chi connectivity index (χ1n) is 5.35. The molecule has 1 heterocycles. The molecule has 0 saturated carbocycles. The van der Waals surface area contributed by atoms with Gasteiger partial charge in [-0.25, -0.2) is 0 Å². The molecule has 3 nitrogen and oxygen atoms in total. The monoisotopic (exact) mass is 292 g/mol. The molecule has 0 unspecified atom stereocenters. The Hall–Kier alpha value is -1.42. The molecule has 4 heteroatoms. The molecule has 0 spiro atoms. The second kappa shape index (κ2) is 4.84. The van der Waals surface area contributed by atoms with E-state index in [2.05, 4.69) is 21.0 Å². The van der Waals surface area contributed by atoms with Crippen molar-refractivity contribution < 1.29 is 4.79 Å². The second-order valence-corrected chi connectivity index (χ2v) is 4.90. The number of benzene rings is 1. The first-order valence-corrected chi connectivity index (χ1v) is 6.15. The van der Waals surface area contributed by atoms with Gasteiger partial charge in [-0.3, -0.25) is 9.48 Å². The van der Waals surface area contributed by atoms with Gasteiger partial charge in [0.1, 0.15) is 0 Å². The van der Waals surface area contributed by atoms with Crippen molar-refractivity contribution in [2.24, 2.45) is 0 Å². The van der Waals surface area contributed by atoms with Crippen LogP contribution in [-0.4, -0.2) is 15.6 Å². The Morgan fingerprint density at radius 1 is 1.35 bits per heavy atom. The van der Waals surface area contributed by atoms with E-state index in [9.17, 15) is 4.79 Å². The molecule has 88 valence electrons. The van der Waals surface area contributed by atoms with Crippen LogP contribution in [0.3, 0.4) is 0 Å². The molecule has 0 N–H and O–H groups in total. The summed E-state index contributed by atoms with van der Waals surface area (Å²) in [5.74, 6) is 0.0598. The van der Waals surface area contributed by atoms with Crippen LogP contribution in [0.1, 0.15) is 28.5 Å². The zero-order chi connectivity index (χ0) is 12.4. The smallest absolute Gasteiger partial charge is 0.163 e. The number of carbonyl (C=O) groups is 1. The highest BCUT2D eigenvalue weighted by atomic mass is 79.9. The number of hydrogen-bond donors (Lipinski definition) is 0. The Balaban J connectivity index is 2.24. The van der Waals surface area contributed by atoms with E-state index in [-0.39, 0.29) is 5.78 Å². The van der Waals surface area contributed by atoms with Crippen molar-refractivity contribution in [2.75, 3.05) is 0 Å². The lowest BCUT2D eigenvalue weighted by Gasteiger charge is -2.05. The zero-order valence-electron chi connectivity index (χ0n) is 9.77. The van der Waals surface area contributed by atoms with Crippen molar-refractivity contribution in [3.63, 3.8) is 0 Å². The molecule has 2 aromatic rings. The molecule has 0 amide bonds. The van der Waals surface area contributed by atoms with Crippen LogP contribution in [-0.2, 0) is 6.54 Å². The van der Waals surface area contributed by atoms with Crippen LogP contribution in [0.2, 0.25) is 0 Å². The van der Waals surface area contributed by atoms with Crippen molar-refractivity contribution in [1.29, 1.82) is 0 Å². The third-order valence-corrected chi connectivity index (χ3v) is 3.26. The summed E-state index contributed by atoms with van der Waals surface area (Å²) in [4.78, 5) is 11.3. The van der Waals surface area contributed by atoms with E-state index in [0.29, 0.717) is 12.1 Å². The number of nitrogens with zero attached hydrogens (tertiary/aromatic N) is 2. The third kappa shape index (κ3) is 2.64. The number of rotatable bonds is 3. The minimum absolute atomic E-state index is 0.0598. The fourth-order valence-corrected chi connectivity index (χ4v) is 1.98. The SMILES string of the molecule is CC(=O)c1cnn(Cc2ccc(Br)cc2)c1C. The maximum absolute atomic E-state index is 11.3. The lowest BCUT2D eigenvalue weighted by Crippen LogP contribution is -2.05. The minimum atomic E-state index is 0.0598. The predicted octanol–water partition coefficient (Wildman–Crippen LogP) is 3.20. The Morgan fingerprint density at radius 2 is 2.00 bits per heavy atom. The van der Waals surface area contributed by atoms with Crippen molar-refractivity contribution in [1.82, 2.24) is 9.78 Å². The Labute approximate surface area is 109 Å². The highest BCUT2D eigenvalue weighted by molar-refractivity contribution is 9.10. The van der Waals surface area contributed by atoms with Crippen molar-refractivity contribution in [2.45, 2.75) is 20.4 Å². The first-order chi connectivity index (χ1) is 8.08. The fraction of sp³-hybridized carbons (Fsp3) is 0.231. The average molecular weight is 293 g/mol. The molecule has 0 aliphatic heterocycles. The highest BCUT2D eigenvalue weighted by Crippen LogP contribution is 2.13. The summed E-state index contributed by atoms with van der Waals surface area (Å²) in [6, 6.07) is 8.08. The third-order valence-electron chi connectivity index (χ3n) is 2.73. The summed E-state index contributed by atoms with van der Waals surface area (Å²) in [7, 11) is 0. The molecule has 1 aromatic carbocycles. The lowest BCUT2D eigenvalue weighted by atomic mass is 10.2.